The highest BCUT2D eigenvalue weighted by Gasteiger charge is 2.26. The second kappa shape index (κ2) is 5.85. The van der Waals surface area contributed by atoms with E-state index in [1.54, 1.807) is 4.90 Å². The van der Waals surface area contributed by atoms with Gasteiger partial charge in [0, 0.05) is 24.2 Å². The van der Waals surface area contributed by atoms with Crippen molar-refractivity contribution in [1.82, 2.24) is 4.90 Å². The van der Waals surface area contributed by atoms with Crippen molar-refractivity contribution in [2.24, 2.45) is 0 Å². The van der Waals surface area contributed by atoms with Gasteiger partial charge in [0.2, 0.25) is 5.91 Å². The zero-order chi connectivity index (χ0) is 15.6. The van der Waals surface area contributed by atoms with Crippen molar-refractivity contribution < 1.29 is 14.7 Å². The number of anilines is 1. The third-order valence-corrected chi connectivity index (χ3v) is 3.97. The van der Waals surface area contributed by atoms with Crippen LogP contribution < -0.4 is 4.90 Å². The fourth-order valence-corrected chi connectivity index (χ4v) is 2.64. The van der Waals surface area contributed by atoms with Crippen molar-refractivity contribution in [3.8, 4) is 0 Å². The van der Waals surface area contributed by atoms with Gasteiger partial charge in [0.15, 0.2) is 0 Å². The molecule has 5 nitrogen and oxygen atoms in total. The number of amides is 1. The number of nitrogens with zero attached hydrogens (tertiary/aromatic N) is 2. The number of rotatable bonds is 4. The van der Waals surface area contributed by atoms with Gasteiger partial charge in [0.1, 0.15) is 0 Å². The van der Waals surface area contributed by atoms with E-state index < -0.39 is 11.4 Å². The van der Waals surface area contributed by atoms with Crippen LogP contribution >= 0.6 is 0 Å². The number of aliphatic carboxylic acids is 1. The number of carboxylic acids is 1. The molecule has 1 saturated heterocycles. The lowest BCUT2D eigenvalue weighted by molar-refractivity contribution is -0.138. The molecular weight excluding hydrogens is 268 g/mol. The number of carbonyl (C=O) groups is 2. The van der Waals surface area contributed by atoms with E-state index >= 15 is 0 Å². The lowest BCUT2D eigenvalue weighted by atomic mass is 9.81. The maximum atomic E-state index is 12.0. The minimum Gasteiger partial charge on any atom is -0.481 e. The molecule has 1 aliphatic heterocycles. The Kier molecular flexibility index (Phi) is 4.32. The van der Waals surface area contributed by atoms with Crippen LogP contribution in [0.5, 0.6) is 0 Å². The molecule has 0 unspecified atom stereocenters. The smallest absolute Gasteiger partial charge is 0.304 e. The van der Waals surface area contributed by atoms with Crippen LogP contribution in [-0.4, -0.2) is 48.6 Å². The molecule has 1 aromatic rings. The molecule has 0 aliphatic carbocycles. The first kappa shape index (κ1) is 15.5. The van der Waals surface area contributed by atoms with Gasteiger partial charge >= 0.3 is 5.97 Å². The average molecular weight is 290 g/mol. The Bertz CT molecular complexity index is 537. The summed E-state index contributed by atoms with van der Waals surface area (Å²) >= 11 is 0. The van der Waals surface area contributed by atoms with Crippen LogP contribution in [0.1, 0.15) is 25.8 Å². The van der Waals surface area contributed by atoms with E-state index in [4.69, 9.17) is 5.11 Å². The fraction of sp³-hybridized carbons (Fsp3) is 0.500. The Morgan fingerprint density at radius 1 is 1.24 bits per heavy atom. The molecule has 1 heterocycles. The molecule has 0 aromatic heterocycles. The van der Waals surface area contributed by atoms with Crippen molar-refractivity contribution in [2.45, 2.75) is 25.7 Å². The van der Waals surface area contributed by atoms with Gasteiger partial charge in [-0.05, 0) is 24.7 Å². The van der Waals surface area contributed by atoms with Crippen molar-refractivity contribution in [3.05, 3.63) is 29.8 Å². The summed E-state index contributed by atoms with van der Waals surface area (Å²) in [5.74, 6) is -0.709. The zero-order valence-electron chi connectivity index (χ0n) is 12.8. The molecule has 0 radical (unpaired) electrons. The molecule has 114 valence electrons. The molecule has 1 fully saturated rings. The number of piperazine rings is 1. The molecule has 0 atom stereocenters. The molecule has 1 aromatic carbocycles. The van der Waals surface area contributed by atoms with Crippen LogP contribution in [0.3, 0.4) is 0 Å². The molecule has 1 aliphatic rings. The summed E-state index contributed by atoms with van der Waals surface area (Å²) in [6.07, 6.45) is 0.0831. The lowest BCUT2D eigenvalue weighted by Crippen LogP contribution is -2.48. The van der Waals surface area contributed by atoms with Crippen molar-refractivity contribution in [3.63, 3.8) is 0 Å². The highest BCUT2D eigenvalue weighted by atomic mass is 16.4. The van der Waals surface area contributed by atoms with Crippen LogP contribution in [0.2, 0.25) is 0 Å². The van der Waals surface area contributed by atoms with Crippen molar-refractivity contribution in [1.29, 1.82) is 0 Å². The third-order valence-electron chi connectivity index (χ3n) is 3.97. The van der Waals surface area contributed by atoms with E-state index in [9.17, 15) is 9.59 Å². The molecule has 0 saturated carbocycles. The number of carbonyl (C=O) groups excluding carboxylic acids is 1. The Labute approximate surface area is 125 Å². The van der Waals surface area contributed by atoms with E-state index in [0.717, 1.165) is 17.8 Å². The van der Waals surface area contributed by atoms with Crippen LogP contribution in [0.25, 0.3) is 0 Å². The summed E-state index contributed by atoms with van der Waals surface area (Å²) in [6.45, 7) is 5.81. The third kappa shape index (κ3) is 3.61. The molecule has 21 heavy (non-hydrogen) atoms. The first-order valence-electron chi connectivity index (χ1n) is 7.11. The van der Waals surface area contributed by atoms with Gasteiger partial charge < -0.3 is 10.0 Å². The minimum absolute atomic E-state index is 0.0831. The summed E-state index contributed by atoms with van der Waals surface area (Å²) < 4.78 is 0. The van der Waals surface area contributed by atoms with E-state index in [-0.39, 0.29) is 12.3 Å². The van der Waals surface area contributed by atoms with Gasteiger partial charge in [-0.3, -0.25) is 14.5 Å². The first-order chi connectivity index (χ1) is 9.79. The summed E-state index contributed by atoms with van der Waals surface area (Å²) in [5, 5.41) is 8.97. The first-order valence-corrected chi connectivity index (χ1v) is 7.11. The zero-order valence-corrected chi connectivity index (χ0v) is 12.8. The number of hydrogen-bond donors (Lipinski definition) is 1. The summed E-state index contributed by atoms with van der Waals surface area (Å²) in [6, 6.07) is 7.65. The van der Waals surface area contributed by atoms with Gasteiger partial charge in [-0.2, -0.15) is 0 Å². The predicted octanol–water partition coefficient (Wildman–Crippen LogP) is 1.72. The predicted molar refractivity (Wildman–Crippen MR) is 81.6 cm³/mol. The Morgan fingerprint density at radius 2 is 1.86 bits per heavy atom. The van der Waals surface area contributed by atoms with Gasteiger partial charge in [-0.25, -0.2) is 0 Å². The second-order valence-corrected chi connectivity index (χ2v) is 6.28. The largest absolute Gasteiger partial charge is 0.481 e. The minimum atomic E-state index is -0.807. The summed E-state index contributed by atoms with van der Waals surface area (Å²) in [7, 11) is 1.94. The maximum absolute atomic E-state index is 12.0. The molecule has 0 bridgehead atoms. The number of benzene rings is 1. The maximum Gasteiger partial charge on any atom is 0.304 e. The van der Waals surface area contributed by atoms with Crippen molar-refractivity contribution >= 4 is 17.6 Å². The highest BCUT2D eigenvalue weighted by Crippen LogP contribution is 2.29. The normalized spacial score (nSPS) is 17.1. The van der Waals surface area contributed by atoms with Gasteiger partial charge in [0.25, 0.3) is 0 Å². The Balaban J connectivity index is 2.15. The molecule has 2 rings (SSSR count). The topological polar surface area (TPSA) is 60.9 Å². The van der Waals surface area contributed by atoms with Gasteiger partial charge in [-0.1, -0.05) is 26.0 Å². The van der Waals surface area contributed by atoms with E-state index in [1.165, 1.54) is 0 Å². The van der Waals surface area contributed by atoms with Crippen LogP contribution in [0, 0.1) is 0 Å². The standard InChI is InChI=1S/C16H22N2O3/c1-16(2,10-15(20)21)12-4-6-13(7-5-12)18-9-8-17(3)11-14(18)19/h4-7H,8-11H2,1-3H3,(H,20,21). The average Bonchev–Trinajstić information content (AvgIpc) is 2.37. The molecular formula is C16H22N2O3. The number of carboxylic acid groups (broad SMARTS) is 1. The highest BCUT2D eigenvalue weighted by molar-refractivity contribution is 5.95. The number of hydrogen-bond acceptors (Lipinski definition) is 3. The lowest BCUT2D eigenvalue weighted by Gasteiger charge is -2.32. The van der Waals surface area contributed by atoms with E-state index in [1.807, 2.05) is 50.1 Å². The second-order valence-electron chi connectivity index (χ2n) is 6.28. The summed E-state index contributed by atoms with van der Waals surface area (Å²) in [5.41, 5.74) is 1.43. The Hall–Kier alpha value is -1.88. The van der Waals surface area contributed by atoms with Gasteiger partial charge in [0.05, 0.1) is 13.0 Å². The van der Waals surface area contributed by atoms with Crippen LogP contribution in [-0.2, 0) is 15.0 Å². The quantitative estimate of drug-likeness (QED) is 0.917. The Morgan fingerprint density at radius 3 is 2.38 bits per heavy atom. The van der Waals surface area contributed by atoms with Crippen LogP contribution in [0.15, 0.2) is 24.3 Å². The van der Waals surface area contributed by atoms with E-state index in [2.05, 4.69) is 0 Å². The molecule has 5 heteroatoms. The van der Waals surface area contributed by atoms with E-state index in [0.29, 0.717) is 13.1 Å². The van der Waals surface area contributed by atoms with Crippen molar-refractivity contribution in [2.75, 3.05) is 31.6 Å². The fourth-order valence-electron chi connectivity index (χ4n) is 2.64. The van der Waals surface area contributed by atoms with Crippen LogP contribution in [0.4, 0.5) is 5.69 Å². The molecule has 1 N–H and O–H groups in total. The van der Waals surface area contributed by atoms with Gasteiger partial charge in [-0.15, -0.1) is 0 Å². The number of likely N-dealkylation sites (N-methyl/N-ethyl adjacent to an activating group) is 1. The molecule has 1 amide bonds. The summed E-state index contributed by atoms with van der Waals surface area (Å²) in [4.78, 5) is 26.7. The SMILES string of the molecule is CN1CCN(c2ccc(C(C)(C)CC(=O)O)cc2)C(=O)C1. The monoisotopic (exact) mass is 290 g/mol. The molecule has 0 spiro atoms.